The Morgan fingerprint density at radius 2 is 1.33 bits per heavy atom. The van der Waals surface area contributed by atoms with Crippen molar-refractivity contribution in [2.24, 2.45) is 0 Å². The number of halogens is 5. The molecule has 0 aromatic heterocycles. The largest absolute Gasteiger partial charge is 0.347 e. The molecule has 0 saturated carbocycles. The van der Waals surface area contributed by atoms with Gasteiger partial charge in [0.2, 0.25) is 0 Å². The summed E-state index contributed by atoms with van der Waals surface area (Å²) in [5.41, 5.74) is 0. The zero-order valence-corrected chi connectivity index (χ0v) is 4.03. The van der Waals surface area contributed by atoms with Gasteiger partial charge in [0, 0.05) is 0 Å². The highest BCUT2D eigenvalue weighted by molar-refractivity contribution is 4.40. The molecule has 0 spiro atoms. The minimum atomic E-state index is -3.51. The molecule has 0 aliphatic heterocycles. The molecule has 1 nitrogen and oxygen atoms in total. The summed E-state index contributed by atoms with van der Waals surface area (Å²) in [5, 5.41) is 0. The van der Waals surface area contributed by atoms with Crippen LogP contribution < -0.4 is 0 Å². The minimum Gasteiger partial charge on any atom is -0.282 e. The first-order valence-corrected chi connectivity index (χ1v) is 1.90. The molecule has 0 aliphatic carbocycles. The molecule has 0 saturated heterocycles. The van der Waals surface area contributed by atoms with E-state index in [1.54, 1.807) is 0 Å². The molecule has 0 aromatic carbocycles. The van der Waals surface area contributed by atoms with Crippen LogP contribution in [0.3, 0.4) is 0 Å². The molecular formula is C3H3F5O. The van der Waals surface area contributed by atoms with Gasteiger partial charge in [-0.1, -0.05) is 0 Å². The Morgan fingerprint density at radius 1 is 0.889 bits per heavy atom. The van der Waals surface area contributed by atoms with Crippen molar-refractivity contribution >= 4 is 0 Å². The average Bonchev–Trinajstić information content (AvgIpc) is 1.63. The summed E-state index contributed by atoms with van der Waals surface area (Å²) in [6, 6.07) is 0. The Labute approximate surface area is 47.4 Å². The zero-order chi connectivity index (χ0) is 7.44. The molecule has 0 fully saturated rings. The van der Waals surface area contributed by atoms with Gasteiger partial charge >= 0.3 is 6.61 Å². The van der Waals surface area contributed by atoms with Crippen molar-refractivity contribution in [2.45, 2.75) is 19.4 Å². The molecule has 0 N–H and O–H groups in total. The van der Waals surface area contributed by atoms with E-state index in [2.05, 4.69) is 4.74 Å². The summed E-state index contributed by atoms with van der Waals surface area (Å²) in [6.45, 7) is -3.49. The maximum Gasteiger partial charge on any atom is 0.347 e. The molecule has 56 valence electrons. The Balaban J connectivity index is 3.38. The predicted molar refractivity (Wildman–Crippen MR) is 18.0 cm³/mol. The van der Waals surface area contributed by atoms with Gasteiger partial charge in [-0.25, -0.2) is 13.2 Å². The SMILES string of the molecule is FC(F)OC(F)C(F)F. The van der Waals surface area contributed by atoms with Gasteiger partial charge in [0.1, 0.15) is 0 Å². The second-order valence-electron chi connectivity index (χ2n) is 1.08. The Morgan fingerprint density at radius 3 is 1.44 bits per heavy atom. The van der Waals surface area contributed by atoms with Gasteiger partial charge in [0.25, 0.3) is 12.8 Å². The van der Waals surface area contributed by atoms with E-state index in [4.69, 9.17) is 0 Å². The van der Waals surface area contributed by atoms with Crippen LogP contribution in [0.5, 0.6) is 0 Å². The van der Waals surface area contributed by atoms with E-state index in [0.29, 0.717) is 0 Å². The van der Waals surface area contributed by atoms with Gasteiger partial charge in [-0.2, -0.15) is 8.78 Å². The molecule has 9 heavy (non-hydrogen) atoms. The van der Waals surface area contributed by atoms with Crippen LogP contribution >= 0.6 is 0 Å². The van der Waals surface area contributed by atoms with Gasteiger partial charge in [-0.15, -0.1) is 0 Å². The minimum absolute atomic E-state index is 2.76. The summed E-state index contributed by atoms with van der Waals surface area (Å²) in [7, 11) is 0. The molecule has 1 unspecified atom stereocenters. The molecule has 0 aliphatic rings. The molecule has 6 heteroatoms. The van der Waals surface area contributed by atoms with E-state index in [0.717, 1.165) is 0 Å². The summed E-state index contributed by atoms with van der Waals surface area (Å²) in [6.07, 6.45) is -6.70. The van der Waals surface area contributed by atoms with Crippen molar-refractivity contribution < 1.29 is 26.7 Å². The zero-order valence-electron chi connectivity index (χ0n) is 4.03. The van der Waals surface area contributed by atoms with Gasteiger partial charge in [-0.05, 0) is 0 Å². The van der Waals surface area contributed by atoms with Crippen LogP contribution in [0.1, 0.15) is 0 Å². The predicted octanol–water partition coefficient (Wildman–Crippen LogP) is 1.79. The molecule has 1 atom stereocenters. The number of ether oxygens (including phenoxy) is 1. The fourth-order valence-electron chi connectivity index (χ4n) is 0.158. The van der Waals surface area contributed by atoms with Crippen LogP contribution in [0.4, 0.5) is 22.0 Å². The maximum absolute atomic E-state index is 11.3. The van der Waals surface area contributed by atoms with Crippen LogP contribution in [0.2, 0.25) is 0 Å². The van der Waals surface area contributed by atoms with Crippen LogP contribution in [-0.4, -0.2) is 19.4 Å². The standard InChI is InChI=1S/C3H3F5O/c4-1(5)2(6)9-3(7)8/h1-3H. The van der Waals surface area contributed by atoms with Crippen LogP contribution in [0, 0.1) is 0 Å². The van der Waals surface area contributed by atoms with Crippen LogP contribution in [-0.2, 0) is 4.74 Å². The highest BCUT2D eigenvalue weighted by Crippen LogP contribution is 2.10. The monoisotopic (exact) mass is 150 g/mol. The van der Waals surface area contributed by atoms with Crippen molar-refractivity contribution in [2.75, 3.05) is 0 Å². The topological polar surface area (TPSA) is 9.23 Å². The molecular weight excluding hydrogens is 147 g/mol. The molecule has 0 bridgehead atoms. The fourth-order valence-corrected chi connectivity index (χ4v) is 0.158. The smallest absolute Gasteiger partial charge is 0.282 e. The van der Waals surface area contributed by atoms with Crippen molar-refractivity contribution in [3.63, 3.8) is 0 Å². The van der Waals surface area contributed by atoms with Gasteiger partial charge in [0.05, 0.1) is 0 Å². The molecule has 0 rings (SSSR count). The molecule has 0 radical (unpaired) electrons. The van der Waals surface area contributed by atoms with Crippen molar-refractivity contribution in [3.8, 4) is 0 Å². The Hall–Kier alpha value is -0.390. The normalized spacial score (nSPS) is 15.0. The van der Waals surface area contributed by atoms with Crippen LogP contribution in [0.25, 0.3) is 0 Å². The number of hydrogen-bond donors (Lipinski definition) is 0. The third kappa shape index (κ3) is 4.14. The van der Waals surface area contributed by atoms with E-state index >= 15 is 0 Å². The third-order valence-corrected chi connectivity index (χ3v) is 0.431. The first kappa shape index (κ1) is 8.61. The maximum atomic E-state index is 11.3. The molecule has 0 heterocycles. The van der Waals surface area contributed by atoms with E-state index in [1.165, 1.54) is 0 Å². The fraction of sp³-hybridized carbons (Fsp3) is 1.00. The highest BCUT2D eigenvalue weighted by Gasteiger charge is 2.23. The van der Waals surface area contributed by atoms with Crippen molar-refractivity contribution in [1.29, 1.82) is 0 Å². The quantitative estimate of drug-likeness (QED) is 0.557. The third-order valence-electron chi connectivity index (χ3n) is 0.431. The van der Waals surface area contributed by atoms with E-state index in [1.807, 2.05) is 0 Å². The number of hydrogen-bond acceptors (Lipinski definition) is 1. The summed E-state index contributed by atoms with van der Waals surface area (Å²) in [5.74, 6) is 0. The summed E-state index contributed by atoms with van der Waals surface area (Å²) >= 11 is 0. The van der Waals surface area contributed by atoms with Gasteiger partial charge < -0.3 is 0 Å². The summed E-state index contributed by atoms with van der Waals surface area (Å²) in [4.78, 5) is 0. The lowest BCUT2D eigenvalue weighted by Crippen LogP contribution is -2.18. The van der Waals surface area contributed by atoms with E-state index in [-0.39, 0.29) is 0 Å². The molecule has 0 amide bonds. The number of alkyl halides is 5. The summed E-state index contributed by atoms with van der Waals surface area (Å²) < 4.78 is 57.7. The van der Waals surface area contributed by atoms with E-state index in [9.17, 15) is 22.0 Å². The second kappa shape index (κ2) is 3.60. The average molecular weight is 150 g/mol. The first-order valence-electron chi connectivity index (χ1n) is 1.90. The van der Waals surface area contributed by atoms with Crippen molar-refractivity contribution in [3.05, 3.63) is 0 Å². The lowest BCUT2D eigenvalue weighted by atomic mass is 10.7. The number of rotatable bonds is 3. The second-order valence-corrected chi connectivity index (χ2v) is 1.08. The lowest BCUT2D eigenvalue weighted by molar-refractivity contribution is -0.235. The van der Waals surface area contributed by atoms with Gasteiger partial charge in [-0.3, -0.25) is 4.74 Å². The van der Waals surface area contributed by atoms with Gasteiger partial charge in [0.15, 0.2) is 0 Å². The van der Waals surface area contributed by atoms with E-state index < -0.39 is 19.4 Å². The highest BCUT2D eigenvalue weighted by atomic mass is 19.3. The first-order chi connectivity index (χ1) is 4.04. The molecule has 0 aromatic rings. The Kier molecular flexibility index (Phi) is 3.44. The van der Waals surface area contributed by atoms with Crippen molar-refractivity contribution in [1.82, 2.24) is 0 Å². The lowest BCUT2D eigenvalue weighted by Gasteiger charge is -2.05. The Bertz CT molecular complexity index is 74.6. The van der Waals surface area contributed by atoms with Crippen LogP contribution in [0.15, 0.2) is 0 Å².